The Labute approximate surface area is 137 Å². The van der Waals surface area contributed by atoms with E-state index in [9.17, 15) is 10.1 Å². The summed E-state index contributed by atoms with van der Waals surface area (Å²) in [6.07, 6.45) is 4.12. The fourth-order valence-corrected chi connectivity index (χ4v) is 2.30. The van der Waals surface area contributed by atoms with Crippen molar-refractivity contribution in [3.63, 3.8) is 0 Å². The molecule has 0 saturated carbocycles. The zero-order valence-corrected chi connectivity index (χ0v) is 12.7. The molecule has 24 heavy (non-hydrogen) atoms. The van der Waals surface area contributed by atoms with Crippen LogP contribution in [0.25, 0.3) is 16.9 Å². The van der Waals surface area contributed by atoms with Gasteiger partial charge in [0.2, 0.25) is 0 Å². The number of pyridine rings is 1. The van der Waals surface area contributed by atoms with E-state index in [4.69, 9.17) is 9.84 Å². The number of nitrogens with zero attached hydrogens (tertiary/aromatic N) is 4. The first kappa shape index (κ1) is 15.2. The molecule has 1 N–H and O–H groups in total. The minimum Gasteiger partial charge on any atom is -0.496 e. The van der Waals surface area contributed by atoms with Crippen molar-refractivity contribution in [3.8, 4) is 28.8 Å². The van der Waals surface area contributed by atoms with Crippen LogP contribution in [0, 0.1) is 11.3 Å². The van der Waals surface area contributed by atoms with Crippen LogP contribution in [0.2, 0.25) is 0 Å². The molecule has 0 saturated heterocycles. The van der Waals surface area contributed by atoms with E-state index in [1.54, 1.807) is 25.4 Å². The molecule has 2 aromatic heterocycles. The highest BCUT2D eigenvalue weighted by Gasteiger charge is 2.14. The van der Waals surface area contributed by atoms with Crippen molar-refractivity contribution in [1.82, 2.24) is 14.8 Å². The molecule has 0 unspecified atom stereocenters. The Kier molecular flexibility index (Phi) is 3.95. The maximum atomic E-state index is 10.9. The summed E-state index contributed by atoms with van der Waals surface area (Å²) in [4.78, 5) is 15.2. The van der Waals surface area contributed by atoms with Crippen LogP contribution in [-0.2, 0) is 0 Å². The first-order valence-corrected chi connectivity index (χ1v) is 6.96. The van der Waals surface area contributed by atoms with Crippen molar-refractivity contribution in [2.45, 2.75) is 0 Å². The molecule has 3 aromatic rings. The van der Waals surface area contributed by atoms with Crippen LogP contribution in [0.5, 0.6) is 5.75 Å². The molecular formula is C17H12N4O3. The van der Waals surface area contributed by atoms with Gasteiger partial charge >= 0.3 is 5.97 Å². The van der Waals surface area contributed by atoms with Gasteiger partial charge in [-0.3, -0.25) is 0 Å². The second-order valence-electron chi connectivity index (χ2n) is 4.88. The van der Waals surface area contributed by atoms with Crippen molar-refractivity contribution < 1.29 is 14.6 Å². The Bertz CT molecular complexity index is 956. The normalized spacial score (nSPS) is 10.2. The van der Waals surface area contributed by atoms with Crippen molar-refractivity contribution in [1.29, 1.82) is 5.26 Å². The number of benzene rings is 1. The van der Waals surface area contributed by atoms with Crippen molar-refractivity contribution in [3.05, 3.63) is 60.0 Å². The number of methoxy groups -OCH3 is 1. The Morgan fingerprint density at radius 1 is 1.29 bits per heavy atom. The Hall–Kier alpha value is -3.66. The average Bonchev–Trinajstić information content (AvgIpc) is 3.11. The Morgan fingerprint density at radius 3 is 2.75 bits per heavy atom. The fourth-order valence-electron chi connectivity index (χ4n) is 2.30. The molecule has 0 atom stereocenters. The van der Waals surface area contributed by atoms with Crippen LogP contribution in [0.1, 0.15) is 15.9 Å². The lowest BCUT2D eigenvalue weighted by Gasteiger charge is -2.10. The molecule has 0 bridgehead atoms. The van der Waals surface area contributed by atoms with E-state index >= 15 is 0 Å². The van der Waals surface area contributed by atoms with Crippen molar-refractivity contribution >= 4 is 5.97 Å². The van der Waals surface area contributed by atoms with Crippen LogP contribution < -0.4 is 4.74 Å². The standard InChI is InChI=1S/C17H12N4O3/c1-24-15-5-3-2-4-13(15)14-9-19-16(6-11(14)7-18)21-10-12(8-20-21)17(22)23/h2-6,8-10H,1H3,(H,22,23). The van der Waals surface area contributed by atoms with E-state index in [2.05, 4.69) is 16.2 Å². The summed E-state index contributed by atoms with van der Waals surface area (Å²) in [7, 11) is 1.56. The second-order valence-corrected chi connectivity index (χ2v) is 4.88. The van der Waals surface area contributed by atoms with Gasteiger partial charge in [-0.2, -0.15) is 10.4 Å². The van der Waals surface area contributed by atoms with E-state index in [1.807, 2.05) is 18.2 Å². The predicted molar refractivity (Wildman–Crippen MR) is 85.0 cm³/mol. The molecule has 0 spiro atoms. The topological polar surface area (TPSA) is 101 Å². The highest BCUT2D eigenvalue weighted by molar-refractivity contribution is 5.87. The van der Waals surface area contributed by atoms with Crippen LogP contribution in [0.4, 0.5) is 0 Å². The molecular weight excluding hydrogens is 308 g/mol. The van der Waals surface area contributed by atoms with Gasteiger partial charge in [0.15, 0.2) is 5.82 Å². The number of ether oxygens (including phenoxy) is 1. The van der Waals surface area contributed by atoms with E-state index in [1.165, 1.54) is 17.1 Å². The molecule has 0 amide bonds. The average molecular weight is 320 g/mol. The number of hydrogen-bond acceptors (Lipinski definition) is 5. The van der Waals surface area contributed by atoms with Crippen LogP contribution in [0.3, 0.4) is 0 Å². The lowest BCUT2D eigenvalue weighted by atomic mass is 10.0. The third-order valence-electron chi connectivity index (χ3n) is 3.47. The number of rotatable bonds is 4. The summed E-state index contributed by atoms with van der Waals surface area (Å²) < 4.78 is 6.64. The van der Waals surface area contributed by atoms with Crippen molar-refractivity contribution in [2.75, 3.05) is 7.11 Å². The van der Waals surface area contributed by atoms with Gasteiger partial charge in [-0.15, -0.1) is 0 Å². The number of carboxylic acids is 1. The number of aromatic carboxylic acids is 1. The quantitative estimate of drug-likeness (QED) is 0.792. The Morgan fingerprint density at radius 2 is 2.08 bits per heavy atom. The summed E-state index contributed by atoms with van der Waals surface area (Å²) >= 11 is 0. The zero-order chi connectivity index (χ0) is 17.1. The molecule has 2 heterocycles. The van der Waals surface area contributed by atoms with E-state index in [-0.39, 0.29) is 5.56 Å². The number of nitriles is 1. The van der Waals surface area contributed by atoms with Crippen molar-refractivity contribution in [2.24, 2.45) is 0 Å². The molecule has 118 valence electrons. The number of hydrogen-bond donors (Lipinski definition) is 1. The van der Waals surface area contributed by atoms with Gasteiger partial charge < -0.3 is 9.84 Å². The van der Waals surface area contributed by atoms with Gasteiger partial charge in [-0.25, -0.2) is 14.5 Å². The third-order valence-corrected chi connectivity index (χ3v) is 3.47. The SMILES string of the molecule is COc1ccccc1-c1cnc(-n2cc(C(=O)O)cn2)cc1C#N. The smallest absolute Gasteiger partial charge is 0.338 e. The largest absolute Gasteiger partial charge is 0.496 e. The van der Waals surface area contributed by atoms with E-state index in [0.29, 0.717) is 22.7 Å². The molecule has 0 aliphatic heterocycles. The monoisotopic (exact) mass is 320 g/mol. The van der Waals surface area contributed by atoms with Gasteiger partial charge in [0.05, 0.1) is 30.5 Å². The minimum atomic E-state index is -1.08. The minimum absolute atomic E-state index is 0.0455. The molecule has 0 fully saturated rings. The number of carboxylic acid groups (broad SMARTS) is 1. The van der Waals surface area contributed by atoms with Gasteiger partial charge in [0.1, 0.15) is 5.75 Å². The maximum Gasteiger partial charge on any atom is 0.338 e. The molecule has 3 rings (SSSR count). The van der Waals surface area contributed by atoms with E-state index < -0.39 is 5.97 Å². The van der Waals surface area contributed by atoms with Crippen LogP contribution >= 0.6 is 0 Å². The highest BCUT2D eigenvalue weighted by atomic mass is 16.5. The number of aromatic nitrogens is 3. The van der Waals surface area contributed by atoms with Gasteiger partial charge in [0.25, 0.3) is 0 Å². The molecule has 7 heteroatoms. The van der Waals surface area contributed by atoms with Crippen LogP contribution in [-0.4, -0.2) is 33.0 Å². The molecule has 1 aromatic carbocycles. The molecule has 0 radical (unpaired) electrons. The summed E-state index contributed by atoms with van der Waals surface area (Å²) in [5.41, 5.74) is 1.81. The lowest BCUT2D eigenvalue weighted by molar-refractivity contribution is 0.0697. The Balaban J connectivity index is 2.08. The molecule has 7 nitrogen and oxygen atoms in total. The summed E-state index contributed by atoms with van der Waals surface area (Å²) in [6, 6.07) is 11.0. The summed E-state index contributed by atoms with van der Waals surface area (Å²) in [6.45, 7) is 0. The number of para-hydroxylation sites is 1. The fraction of sp³-hybridized carbons (Fsp3) is 0.0588. The summed E-state index contributed by atoms with van der Waals surface area (Å²) in [5.74, 6) is -0.0825. The first-order valence-electron chi connectivity index (χ1n) is 6.96. The highest BCUT2D eigenvalue weighted by Crippen LogP contribution is 2.32. The second kappa shape index (κ2) is 6.22. The van der Waals surface area contributed by atoms with Gasteiger partial charge in [0, 0.05) is 29.6 Å². The van der Waals surface area contributed by atoms with Gasteiger partial charge in [-0.05, 0) is 6.07 Å². The van der Waals surface area contributed by atoms with Crippen LogP contribution in [0.15, 0.2) is 48.9 Å². The van der Waals surface area contributed by atoms with E-state index in [0.717, 1.165) is 5.56 Å². The maximum absolute atomic E-state index is 10.9. The number of carbonyl (C=O) groups is 1. The zero-order valence-electron chi connectivity index (χ0n) is 12.7. The molecule has 0 aliphatic rings. The first-order chi connectivity index (χ1) is 11.6. The summed E-state index contributed by atoms with van der Waals surface area (Å²) in [5, 5.41) is 22.4. The van der Waals surface area contributed by atoms with Gasteiger partial charge in [-0.1, -0.05) is 18.2 Å². The third kappa shape index (κ3) is 2.68. The predicted octanol–water partition coefficient (Wildman–Crippen LogP) is 2.51. The molecule has 0 aliphatic carbocycles. The lowest BCUT2D eigenvalue weighted by Crippen LogP contribution is -2.00.